The van der Waals surface area contributed by atoms with Gasteiger partial charge in [0.15, 0.2) is 0 Å². The second kappa shape index (κ2) is 5.97. The number of esters is 1. The fourth-order valence-electron chi connectivity index (χ4n) is 2.45. The fourth-order valence-corrected chi connectivity index (χ4v) is 2.91. The molecule has 5 nitrogen and oxygen atoms in total. The summed E-state index contributed by atoms with van der Waals surface area (Å²) in [7, 11) is 1.26. The van der Waals surface area contributed by atoms with E-state index in [1.807, 2.05) is 4.90 Å². The van der Waals surface area contributed by atoms with E-state index < -0.39 is 5.97 Å². The SMILES string of the molecule is COC(=O)c1cc(Cl)cc(NC(=O)N(C2CC2)C2CC2)c1Cl. The Kier molecular flexibility index (Phi) is 4.19. The molecule has 0 bridgehead atoms. The lowest BCUT2D eigenvalue weighted by Gasteiger charge is -2.23. The van der Waals surface area contributed by atoms with E-state index in [9.17, 15) is 9.59 Å². The lowest BCUT2D eigenvalue weighted by atomic mass is 10.2. The lowest BCUT2D eigenvalue weighted by Crippen LogP contribution is -2.38. The molecule has 0 saturated heterocycles. The van der Waals surface area contributed by atoms with Crippen LogP contribution in [0.3, 0.4) is 0 Å². The highest BCUT2D eigenvalue weighted by atomic mass is 35.5. The van der Waals surface area contributed by atoms with Gasteiger partial charge in [0, 0.05) is 17.1 Å². The molecule has 22 heavy (non-hydrogen) atoms. The van der Waals surface area contributed by atoms with E-state index in [0.29, 0.717) is 22.8 Å². The van der Waals surface area contributed by atoms with Crippen molar-refractivity contribution in [3.63, 3.8) is 0 Å². The minimum Gasteiger partial charge on any atom is -0.465 e. The molecular formula is C15H16Cl2N2O3. The number of carbonyl (C=O) groups excluding carboxylic acids is 2. The van der Waals surface area contributed by atoms with Crippen LogP contribution in [0, 0.1) is 0 Å². The van der Waals surface area contributed by atoms with Crippen LogP contribution in [0.25, 0.3) is 0 Å². The van der Waals surface area contributed by atoms with Gasteiger partial charge in [0.2, 0.25) is 0 Å². The fraction of sp³-hybridized carbons (Fsp3) is 0.467. The molecule has 1 aromatic carbocycles. The number of methoxy groups -OCH3 is 1. The Morgan fingerprint density at radius 3 is 2.27 bits per heavy atom. The molecule has 0 atom stereocenters. The van der Waals surface area contributed by atoms with E-state index in [1.54, 1.807) is 0 Å². The van der Waals surface area contributed by atoms with Gasteiger partial charge in [-0.15, -0.1) is 0 Å². The van der Waals surface area contributed by atoms with Gasteiger partial charge in [-0.2, -0.15) is 0 Å². The van der Waals surface area contributed by atoms with E-state index >= 15 is 0 Å². The number of nitrogens with one attached hydrogen (secondary N) is 1. The minimum atomic E-state index is -0.593. The maximum absolute atomic E-state index is 12.5. The molecule has 3 rings (SSSR count). The number of urea groups is 1. The van der Waals surface area contributed by atoms with Crippen molar-refractivity contribution in [3.8, 4) is 0 Å². The van der Waals surface area contributed by atoms with Gasteiger partial charge in [0.05, 0.1) is 23.4 Å². The predicted octanol–water partition coefficient (Wildman–Crippen LogP) is 3.94. The first kappa shape index (κ1) is 15.4. The average Bonchev–Trinajstić information content (AvgIpc) is 3.36. The minimum absolute atomic E-state index is 0.135. The summed E-state index contributed by atoms with van der Waals surface area (Å²) in [6.45, 7) is 0. The Hall–Kier alpha value is -1.46. The molecule has 0 spiro atoms. The van der Waals surface area contributed by atoms with Gasteiger partial charge in [-0.3, -0.25) is 0 Å². The molecule has 2 amide bonds. The van der Waals surface area contributed by atoms with Crippen LogP contribution in [0.4, 0.5) is 10.5 Å². The van der Waals surface area contributed by atoms with Gasteiger partial charge in [-0.05, 0) is 37.8 Å². The molecule has 2 fully saturated rings. The monoisotopic (exact) mass is 342 g/mol. The quantitative estimate of drug-likeness (QED) is 0.843. The summed E-state index contributed by atoms with van der Waals surface area (Å²) >= 11 is 12.2. The van der Waals surface area contributed by atoms with Crippen molar-refractivity contribution in [2.24, 2.45) is 0 Å². The van der Waals surface area contributed by atoms with Crippen LogP contribution in [0.1, 0.15) is 36.0 Å². The predicted molar refractivity (Wildman–Crippen MR) is 84.7 cm³/mol. The van der Waals surface area contributed by atoms with Crippen LogP contribution in [-0.2, 0) is 4.74 Å². The zero-order valence-corrected chi connectivity index (χ0v) is 13.6. The van der Waals surface area contributed by atoms with Crippen LogP contribution in [0.5, 0.6) is 0 Å². The molecule has 2 aliphatic rings. The molecule has 7 heteroatoms. The molecule has 0 unspecified atom stereocenters. The highest BCUT2D eigenvalue weighted by Gasteiger charge is 2.42. The van der Waals surface area contributed by atoms with Crippen molar-refractivity contribution >= 4 is 40.9 Å². The molecule has 0 aliphatic heterocycles. The summed E-state index contributed by atoms with van der Waals surface area (Å²) in [5.74, 6) is -0.593. The molecule has 1 N–H and O–H groups in total. The topological polar surface area (TPSA) is 58.6 Å². The molecule has 0 heterocycles. The van der Waals surface area contributed by atoms with Crippen molar-refractivity contribution in [2.75, 3.05) is 12.4 Å². The smallest absolute Gasteiger partial charge is 0.339 e. The number of benzene rings is 1. The number of amides is 2. The summed E-state index contributed by atoms with van der Waals surface area (Å²) in [5, 5.41) is 3.22. The Balaban J connectivity index is 1.83. The number of hydrogen-bond donors (Lipinski definition) is 1. The highest BCUT2D eigenvalue weighted by molar-refractivity contribution is 6.38. The maximum atomic E-state index is 12.5. The second-order valence-corrected chi connectivity index (χ2v) is 6.42. The largest absolute Gasteiger partial charge is 0.465 e. The zero-order chi connectivity index (χ0) is 15.9. The van der Waals surface area contributed by atoms with Crippen LogP contribution < -0.4 is 5.32 Å². The van der Waals surface area contributed by atoms with Gasteiger partial charge in [-0.25, -0.2) is 9.59 Å². The van der Waals surface area contributed by atoms with Gasteiger partial charge in [-0.1, -0.05) is 23.2 Å². The van der Waals surface area contributed by atoms with E-state index in [-0.39, 0.29) is 16.6 Å². The van der Waals surface area contributed by atoms with Gasteiger partial charge >= 0.3 is 12.0 Å². The standard InChI is InChI=1S/C15H16Cl2N2O3/c1-22-14(20)11-6-8(16)7-12(13(11)17)18-15(21)19(9-2-3-9)10-4-5-10/h6-7,9-10H,2-5H2,1H3,(H,18,21). The number of ether oxygens (including phenoxy) is 1. The third-order valence-corrected chi connectivity index (χ3v) is 4.42. The normalized spacial score (nSPS) is 17.0. The van der Waals surface area contributed by atoms with Crippen LogP contribution in [0.15, 0.2) is 12.1 Å². The Bertz CT molecular complexity index is 615. The second-order valence-electron chi connectivity index (χ2n) is 5.61. The number of hydrogen-bond acceptors (Lipinski definition) is 3. The van der Waals surface area contributed by atoms with Crippen molar-refractivity contribution < 1.29 is 14.3 Å². The molecular weight excluding hydrogens is 327 g/mol. The van der Waals surface area contributed by atoms with E-state index in [4.69, 9.17) is 23.2 Å². The number of nitrogens with zero attached hydrogens (tertiary/aromatic N) is 1. The average molecular weight is 343 g/mol. The molecule has 2 saturated carbocycles. The summed E-state index contributed by atoms with van der Waals surface area (Å²) in [6.07, 6.45) is 4.17. The first-order chi connectivity index (χ1) is 10.5. The van der Waals surface area contributed by atoms with Crippen molar-refractivity contribution in [1.29, 1.82) is 0 Å². The number of carbonyl (C=O) groups is 2. The summed E-state index contributed by atoms with van der Waals surface area (Å²) < 4.78 is 4.67. The van der Waals surface area contributed by atoms with Crippen LogP contribution in [0.2, 0.25) is 10.0 Å². The molecule has 0 aromatic heterocycles. The van der Waals surface area contributed by atoms with E-state index in [1.165, 1.54) is 19.2 Å². The first-order valence-electron chi connectivity index (χ1n) is 7.18. The molecule has 1 aromatic rings. The van der Waals surface area contributed by atoms with Crippen molar-refractivity contribution in [3.05, 3.63) is 27.7 Å². The summed E-state index contributed by atoms with van der Waals surface area (Å²) in [6, 6.07) is 3.41. The Morgan fingerprint density at radius 2 is 1.77 bits per heavy atom. The van der Waals surface area contributed by atoms with Crippen LogP contribution >= 0.6 is 23.2 Å². The van der Waals surface area contributed by atoms with Gasteiger partial charge in [0.25, 0.3) is 0 Å². The third-order valence-electron chi connectivity index (χ3n) is 3.80. The van der Waals surface area contributed by atoms with Gasteiger partial charge in [0.1, 0.15) is 0 Å². The Morgan fingerprint density at radius 1 is 1.18 bits per heavy atom. The molecule has 2 aliphatic carbocycles. The summed E-state index contributed by atoms with van der Waals surface area (Å²) in [5.41, 5.74) is 0.460. The number of halogens is 2. The maximum Gasteiger partial charge on any atom is 0.339 e. The third kappa shape index (κ3) is 3.15. The zero-order valence-electron chi connectivity index (χ0n) is 12.1. The highest BCUT2D eigenvalue weighted by Crippen LogP contribution is 2.38. The summed E-state index contributed by atoms with van der Waals surface area (Å²) in [4.78, 5) is 26.1. The molecule has 0 radical (unpaired) electrons. The molecule has 118 valence electrons. The van der Waals surface area contributed by atoms with E-state index in [2.05, 4.69) is 10.1 Å². The first-order valence-corrected chi connectivity index (χ1v) is 7.93. The number of rotatable bonds is 4. The van der Waals surface area contributed by atoms with Crippen molar-refractivity contribution in [1.82, 2.24) is 4.90 Å². The Labute approximate surface area is 138 Å². The van der Waals surface area contributed by atoms with Crippen LogP contribution in [-0.4, -0.2) is 36.1 Å². The number of anilines is 1. The van der Waals surface area contributed by atoms with Gasteiger partial charge < -0.3 is 15.0 Å². The lowest BCUT2D eigenvalue weighted by molar-refractivity contribution is 0.0601. The van der Waals surface area contributed by atoms with Crippen molar-refractivity contribution in [2.45, 2.75) is 37.8 Å². The van der Waals surface area contributed by atoms with E-state index in [0.717, 1.165) is 25.7 Å².